The Morgan fingerprint density at radius 2 is 1.37 bits per heavy atom. The minimum atomic E-state index is 1.15. The molecule has 1 aromatic carbocycles. The third-order valence-corrected chi connectivity index (χ3v) is 4.39. The van der Waals surface area contributed by atoms with Crippen LogP contribution in [0.3, 0.4) is 0 Å². The summed E-state index contributed by atoms with van der Waals surface area (Å²) in [4.78, 5) is 7.50. The molecule has 0 atom stereocenters. The predicted molar refractivity (Wildman–Crippen MR) is 82.2 cm³/mol. The number of hydrogen-bond acceptors (Lipinski definition) is 3. The molecule has 19 heavy (non-hydrogen) atoms. The minimum absolute atomic E-state index is 1.15. The molecule has 2 aliphatic rings. The van der Waals surface area contributed by atoms with Crippen LogP contribution in [-0.4, -0.2) is 51.2 Å². The molecule has 0 radical (unpaired) electrons. The second-order valence-electron chi connectivity index (χ2n) is 5.86. The van der Waals surface area contributed by atoms with Crippen LogP contribution in [0.4, 0.5) is 11.4 Å². The van der Waals surface area contributed by atoms with Crippen molar-refractivity contribution < 1.29 is 0 Å². The molecule has 2 aliphatic heterocycles. The van der Waals surface area contributed by atoms with Crippen LogP contribution in [0, 0.1) is 0 Å². The van der Waals surface area contributed by atoms with Gasteiger partial charge in [0.25, 0.3) is 0 Å². The smallest absolute Gasteiger partial charge is 0.0387 e. The summed E-state index contributed by atoms with van der Waals surface area (Å²) in [6.07, 6.45) is 3.96. The van der Waals surface area contributed by atoms with Gasteiger partial charge in [0.05, 0.1) is 0 Å². The van der Waals surface area contributed by atoms with Crippen LogP contribution in [-0.2, 0) is 0 Å². The van der Waals surface area contributed by atoms with Crippen molar-refractivity contribution in [2.75, 3.05) is 56.1 Å². The van der Waals surface area contributed by atoms with Gasteiger partial charge in [-0.3, -0.25) is 0 Å². The molecule has 0 aliphatic carbocycles. The summed E-state index contributed by atoms with van der Waals surface area (Å²) in [6, 6.07) is 9.14. The van der Waals surface area contributed by atoms with Crippen molar-refractivity contribution >= 4 is 11.4 Å². The Hall–Kier alpha value is -1.22. The topological polar surface area (TPSA) is 9.72 Å². The van der Waals surface area contributed by atoms with Gasteiger partial charge in [0.1, 0.15) is 0 Å². The van der Waals surface area contributed by atoms with Gasteiger partial charge in [-0.1, -0.05) is 6.07 Å². The molecule has 0 unspecified atom stereocenters. The first-order valence-electron chi connectivity index (χ1n) is 7.61. The quantitative estimate of drug-likeness (QED) is 0.807. The number of benzene rings is 1. The van der Waals surface area contributed by atoms with Crippen molar-refractivity contribution in [3.05, 3.63) is 24.3 Å². The van der Waals surface area contributed by atoms with Crippen molar-refractivity contribution in [2.24, 2.45) is 0 Å². The lowest BCUT2D eigenvalue weighted by Gasteiger charge is -2.25. The van der Waals surface area contributed by atoms with E-state index in [1.807, 2.05) is 0 Å². The number of likely N-dealkylation sites (N-methyl/N-ethyl adjacent to an activating group) is 1. The van der Waals surface area contributed by atoms with E-state index < -0.39 is 0 Å². The Balaban J connectivity index is 1.74. The van der Waals surface area contributed by atoms with Crippen LogP contribution in [0.2, 0.25) is 0 Å². The van der Waals surface area contributed by atoms with Crippen molar-refractivity contribution in [1.82, 2.24) is 4.90 Å². The van der Waals surface area contributed by atoms with Gasteiger partial charge in [0.2, 0.25) is 0 Å². The fourth-order valence-electron chi connectivity index (χ4n) is 3.17. The average Bonchev–Trinajstić information content (AvgIpc) is 2.89. The molecule has 2 saturated heterocycles. The van der Waals surface area contributed by atoms with E-state index in [1.54, 1.807) is 0 Å². The minimum Gasteiger partial charge on any atom is -0.371 e. The largest absolute Gasteiger partial charge is 0.371 e. The summed E-state index contributed by atoms with van der Waals surface area (Å²) in [5.41, 5.74) is 2.81. The highest BCUT2D eigenvalue weighted by atomic mass is 15.2. The number of nitrogens with zero attached hydrogens (tertiary/aromatic N) is 3. The van der Waals surface area contributed by atoms with E-state index in [1.165, 1.54) is 63.4 Å². The monoisotopic (exact) mass is 259 g/mol. The van der Waals surface area contributed by atoms with Crippen molar-refractivity contribution in [3.8, 4) is 0 Å². The van der Waals surface area contributed by atoms with Crippen LogP contribution < -0.4 is 9.80 Å². The SMILES string of the molecule is CN1CCCN(c2cccc(N3CCCC3)c2)CC1. The van der Waals surface area contributed by atoms with Gasteiger partial charge in [0, 0.05) is 44.1 Å². The van der Waals surface area contributed by atoms with Crippen molar-refractivity contribution in [1.29, 1.82) is 0 Å². The molecule has 3 rings (SSSR count). The second-order valence-corrected chi connectivity index (χ2v) is 5.86. The molecular weight excluding hydrogens is 234 g/mol. The highest BCUT2D eigenvalue weighted by molar-refractivity contribution is 5.59. The van der Waals surface area contributed by atoms with Crippen LogP contribution in [0.5, 0.6) is 0 Å². The molecule has 0 spiro atoms. The molecular formula is C16H25N3. The molecule has 104 valence electrons. The van der Waals surface area contributed by atoms with Crippen LogP contribution in [0.25, 0.3) is 0 Å². The second kappa shape index (κ2) is 5.83. The highest BCUT2D eigenvalue weighted by Crippen LogP contribution is 2.26. The summed E-state index contributed by atoms with van der Waals surface area (Å²) in [5, 5.41) is 0. The molecule has 2 heterocycles. The standard InChI is InChI=1S/C16H25N3/c1-17-8-5-11-19(13-12-17)16-7-4-6-15(14-16)18-9-2-3-10-18/h4,6-7,14H,2-3,5,8-13H2,1H3. The molecule has 0 saturated carbocycles. The zero-order chi connectivity index (χ0) is 13.1. The van der Waals surface area contributed by atoms with Gasteiger partial charge in [0.15, 0.2) is 0 Å². The third kappa shape index (κ3) is 3.03. The van der Waals surface area contributed by atoms with Gasteiger partial charge >= 0.3 is 0 Å². The van der Waals surface area contributed by atoms with E-state index in [-0.39, 0.29) is 0 Å². The predicted octanol–water partition coefficient (Wildman–Crippen LogP) is 2.43. The van der Waals surface area contributed by atoms with Crippen molar-refractivity contribution in [2.45, 2.75) is 19.3 Å². The molecule has 2 fully saturated rings. The number of rotatable bonds is 2. The molecule has 1 aromatic rings. The summed E-state index contributed by atoms with van der Waals surface area (Å²) in [5.74, 6) is 0. The lowest BCUT2D eigenvalue weighted by Crippen LogP contribution is -2.29. The maximum atomic E-state index is 2.54. The zero-order valence-corrected chi connectivity index (χ0v) is 12.0. The van der Waals surface area contributed by atoms with Gasteiger partial charge in [-0.15, -0.1) is 0 Å². The molecule has 0 aromatic heterocycles. The first-order chi connectivity index (χ1) is 9.33. The average molecular weight is 259 g/mol. The lowest BCUT2D eigenvalue weighted by atomic mass is 10.2. The first kappa shape index (κ1) is 12.8. The van der Waals surface area contributed by atoms with E-state index in [0.717, 1.165) is 6.54 Å². The molecule has 3 nitrogen and oxygen atoms in total. The Bertz CT molecular complexity index is 412. The van der Waals surface area contributed by atoms with Crippen LogP contribution in [0.1, 0.15) is 19.3 Å². The van der Waals surface area contributed by atoms with Gasteiger partial charge < -0.3 is 14.7 Å². The Morgan fingerprint density at radius 1 is 0.737 bits per heavy atom. The maximum absolute atomic E-state index is 2.54. The van der Waals surface area contributed by atoms with Crippen molar-refractivity contribution in [3.63, 3.8) is 0 Å². The third-order valence-electron chi connectivity index (χ3n) is 4.39. The fourth-order valence-corrected chi connectivity index (χ4v) is 3.17. The van der Waals surface area contributed by atoms with E-state index >= 15 is 0 Å². The molecule has 3 heteroatoms. The Morgan fingerprint density at radius 3 is 2.11 bits per heavy atom. The first-order valence-corrected chi connectivity index (χ1v) is 7.61. The van der Waals surface area contributed by atoms with Gasteiger partial charge in [-0.2, -0.15) is 0 Å². The highest BCUT2D eigenvalue weighted by Gasteiger charge is 2.15. The summed E-state index contributed by atoms with van der Waals surface area (Å²) in [7, 11) is 2.23. The molecule has 0 N–H and O–H groups in total. The van der Waals surface area contributed by atoms with E-state index in [4.69, 9.17) is 0 Å². The summed E-state index contributed by atoms with van der Waals surface area (Å²) >= 11 is 0. The normalized spacial score (nSPS) is 21.7. The van der Waals surface area contributed by atoms with E-state index in [0.29, 0.717) is 0 Å². The Labute approximate surface area is 116 Å². The van der Waals surface area contributed by atoms with E-state index in [9.17, 15) is 0 Å². The van der Waals surface area contributed by atoms with Crippen LogP contribution in [0.15, 0.2) is 24.3 Å². The van der Waals surface area contributed by atoms with Gasteiger partial charge in [-0.05, 0) is 51.1 Å². The Kier molecular flexibility index (Phi) is 3.92. The summed E-state index contributed by atoms with van der Waals surface area (Å²) in [6.45, 7) is 7.20. The molecule has 0 amide bonds. The summed E-state index contributed by atoms with van der Waals surface area (Å²) < 4.78 is 0. The molecule has 0 bridgehead atoms. The van der Waals surface area contributed by atoms with Gasteiger partial charge in [-0.25, -0.2) is 0 Å². The van der Waals surface area contributed by atoms with Crippen LogP contribution >= 0.6 is 0 Å². The maximum Gasteiger partial charge on any atom is 0.0387 e. The lowest BCUT2D eigenvalue weighted by molar-refractivity contribution is 0.360. The van der Waals surface area contributed by atoms with E-state index in [2.05, 4.69) is 46.0 Å². The number of anilines is 2. The fraction of sp³-hybridized carbons (Fsp3) is 0.625. The zero-order valence-electron chi connectivity index (χ0n) is 12.0. The number of hydrogen-bond donors (Lipinski definition) is 0.